The average Bonchev–Trinajstić information content (AvgIpc) is 2.43. The van der Waals surface area contributed by atoms with Gasteiger partial charge in [-0.15, -0.1) is 0 Å². The zero-order valence-corrected chi connectivity index (χ0v) is 14.0. The van der Waals surface area contributed by atoms with Crippen molar-refractivity contribution in [3.63, 3.8) is 0 Å². The maximum absolute atomic E-state index is 12.4. The van der Waals surface area contributed by atoms with E-state index < -0.39 is 65.3 Å². The third-order valence-corrected chi connectivity index (χ3v) is 4.85. The number of esters is 1. The van der Waals surface area contributed by atoms with Gasteiger partial charge in [-0.05, 0) is 26.0 Å². The second-order valence-corrected chi connectivity index (χ2v) is 7.52. The molecule has 7 nitrogen and oxygen atoms in total. The summed E-state index contributed by atoms with van der Waals surface area (Å²) in [7, 11) is -5.66. The van der Waals surface area contributed by atoms with Gasteiger partial charge in [0.25, 0.3) is 5.69 Å². The van der Waals surface area contributed by atoms with E-state index in [2.05, 4.69) is 0 Å². The molecule has 0 saturated carbocycles. The molecule has 1 aromatic carbocycles. The van der Waals surface area contributed by atoms with E-state index in [1.54, 1.807) is 13.8 Å². The van der Waals surface area contributed by atoms with Crippen LogP contribution < -0.4 is 0 Å². The summed E-state index contributed by atoms with van der Waals surface area (Å²) in [6, 6.07) is 1.94. The number of rotatable bonds is 6. The first kappa shape index (κ1) is 20.2. The molecule has 0 heterocycles. The van der Waals surface area contributed by atoms with Gasteiger partial charge in [0, 0.05) is 6.07 Å². The smallest absolute Gasteiger partial charge is 0.462 e. The number of hydrogen-bond donors (Lipinski definition) is 0. The molecule has 1 rings (SSSR count). The normalized spacial score (nSPS) is 14.2. The van der Waals surface area contributed by atoms with Crippen molar-refractivity contribution in [2.45, 2.75) is 35.3 Å². The monoisotopic (exact) mass is 387 g/mol. The van der Waals surface area contributed by atoms with Crippen LogP contribution in [0, 0.1) is 10.1 Å². The molecule has 0 aliphatic heterocycles. The summed E-state index contributed by atoms with van der Waals surface area (Å²) >= 11 is 0. The number of nitro benzene ring substituents is 1. The van der Waals surface area contributed by atoms with Gasteiger partial charge in [-0.1, -0.05) is 0 Å². The number of alkyl halides is 3. The highest BCUT2D eigenvalue weighted by molar-refractivity contribution is 7.86. The minimum atomic E-state index is -5.09. The minimum Gasteiger partial charge on any atom is -0.462 e. The number of nitrogens with zero attached hydrogens (tertiary/aromatic N) is 1. The van der Waals surface area contributed by atoms with Gasteiger partial charge in [-0.2, -0.15) is 13.2 Å². The summed E-state index contributed by atoms with van der Waals surface area (Å²) < 4.78 is 65.3. The second kappa shape index (κ2) is 7.83. The van der Waals surface area contributed by atoms with E-state index in [0.717, 1.165) is 12.1 Å². The van der Waals surface area contributed by atoms with Crippen LogP contribution in [-0.2, 0) is 31.1 Å². The van der Waals surface area contributed by atoms with Gasteiger partial charge in [-0.25, -0.2) is 4.21 Å². The molecule has 0 aromatic heterocycles. The largest absolute Gasteiger partial charge is 0.475 e. The van der Waals surface area contributed by atoms with E-state index >= 15 is 0 Å². The third-order valence-electron chi connectivity index (χ3n) is 2.41. The third kappa shape index (κ3) is 5.37. The van der Waals surface area contributed by atoms with Crippen LogP contribution in [0.4, 0.5) is 18.9 Å². The zero-order valence-electron chi connectivity index (χ0n) is 12.4. The number of benzene rings is 1. The molecule has 0 aliphatic rings. The molecule has 134 valence electrons. The predicted octanol–water partition coefficient (Wildman–Crippen LogP) is 2.28. The Morgan fingerprint density at radius 3 is 2.38 bits per heavy atom. The van der Waals surface area contributed by atoms with Gasteiger partial charge in [-0.3, -0.25) is 19.1 Å². The molecule has 0 amide bonds. The summed E-state index contributed by atoms with van der Waals surface area (Å²) in [5, 5.41) is 11.0. The van der Waals surface area contributed by atoms with Crippen molar-refractivity contribution in [1.82, 2.24) is 0 Å². The number of hydrogen-bond acceptors (Lipinski definition) is 6. The van der Waals surface area contributed by atoms with Crippen molar-refractivity contribution < 1.29 is 36.0 Å². The summed E-state index contributed by atoms with van der Waals surface area (Å²) in [5.41, 5.74) is -6.00. The number of nitro groups is 1. The van der Waals surface area contributed by atoms with E-state index in [9.17, 15) is 36.5 Å². The van der Waals surface area contributed by atoms with Crippen molar-refractivity contribution in [3.8, 4) is 0 Å². The Morgan fingerprint density at radius 1 is 1.33 bits per heavy atom. The topological polar surface area (TPSA) is 104 Å². The molecule has 0 spiro atoms. The summed E-state index contributed by atoms with van der Waals surface area (Å²) in [4.78, 5) is 20.1. The molecule has 24 heavy (non-hydrogen) atoms. The van der Waals surface area contributed by atoms with Crippen molar-refractivity contribution in [1.29, 1.82) is 0 Å². The Morgan fingerprint density at radius 2 is 1.92 bits per heavy atom. The van der Waals surface area contributed by atoms with Crippen LogP contribution >= 0.6 is 0 Å². The first-order valence-corrected chi connectivity index (χ1v) is 8.75. The quantitative estimate of drug-likeness (QED) is 0.421. The molecule has 0 fully saturated rings. The number of carbonyl (C=O) groups excluding carboxylic acids is 1. The second-order valence-electron chi connectivity index (χ2n) is 4.63. The standard InChI is InChI=1S/C12H12F3NO6S2/c1-7(2)22-11(17)6-23(20)10-4-3-8(5-9(10)16(18)19)24(21)12(13,14)15/h3-5,7H,6H2,1-2H3. The lowest BCUT2D eigenvalue weighted by Gasteiger charge is -2.09. The highest BCUT2D eigenvalue weighted by Crippen LogP contribution is 2.31. The fraction of sp³-hybridized carbons (Fsp3) is 0.417. The minimum absolute atomic E-state index is 0.435. The van der Waals surface area contributed by atoms with Crippen molar-refractivity contribution >= 4 is 33.3 Å². The van der Waals surface area contributed by atoms with Gasteiger partial charge in [0.2, 0.25) is 0 Å². The van der Waals surface area contributed by atoms with E-state index in [1.165, 1.54) is 0 Å². The Labute approximate surface area is 139 Å². The fourth-order valence-corrected chi connectivity index (χ4v) is 3.26. The van der Waals surface area contributed by atoms with E-state index in [1.807, 2.05) is 0 Å². The van der Waals surface area contributed by atoms with E-state index in [-0.39, 0.29) is 0 Å². The molecule has 2 unspecified atom stereocenters. The van der Waals surface area contributed by atoms with E-state index in [4.69, 9.17) is 4.74 Å². The molecule has 0 aliphatic carbocycles. The Hall–Kier alpha value is -1.82. The lowest BCUT2D eigenvalue weighted by molar-refractivity contribution is -0.388. The molecule has 0 N–H and O–H groups in total. The first-order valence-electron chi connectivity index (χ1n) is 6.28. The number of halogens is 3. The Bertz CT molecular complexity index is 705. The molecular weight excluding hydrogens is 375 g/mol. The molecule has 2 atom stereocenters. The van der Waals surface area contributed by atoms with Gasteiger partial charge in [0.05, 0.1) is 26.7 Å². The number of ether oxygens (including phenoxy) is 1. The van der Waals surface area contributed by atoms with Gasteiger partial charge < -0.3 is 4.74 Å². The Balaban J connectivity index is 3.17. The highest BCUT2D eigenvalue weighted by atomic mass is 32.2. The summed E-state index contributed by atoms with van der Waals surface area (Å²) in [6.07, 6.45) is -0.485. The molecular formula is C12H12F3NO6S2. The molecule has 0 radical (unpaired) electrons. The van der Waals surface area contributed by atoms with Crippen LogP contribution in [0.15, 0.2) is 28.0 Å². The van der Waals surface area contributed by atoms with Gasteiger partial charge in [0.15, 0.2) is 10.8 Å². The summed E-state index contributed by atoms with van der Waals surface area (Å²) in [6.45, 7) is 3.09. The van der Waals surface area contributed by atoms with Crippen LogP contribution in [0.25, 0.3) is 0 Å². The molecule has 12 heteroatoms. The van der Waals surface area contributed by atoms with Crippen LogP contribution in [0.5, 0.6) is 0 Å². The van der Waals surface area contributed by atoms with Crippen LogP contribution in [0.3, 0.4) is 0 Å². The molecule has 0 saturated heterocycles. The highest BCUT2D eigenvalue weighted by Gasteiger charge is 2.39. The van der Waals surface area contributed by atoms with Crippen molar-refractivity contribution in [2.24, 2.45) is 0 Å². The van der Waals surface area contributed by atoms with Crippen LogP contribution in [0.1, 0.15) is 13.8 Å². The predicted molar refractivity (Wildman–Crippen MR) is 78.1 cm³/mol. The van der Waals surface area contributed by atoms with Gasteiger partial charge in [0.1, 0.15) is 10.6 Å². The van der Waals surface area contributed by atoms with Crippen molar-refractivity contribution in [2.75, 3.05) is 5.75 Å². The van der Waals surface area contributed by atoms with Crippen LogP contribution in [-0.4, -0.2) is 36.7 Å². The van der Waals surface area contributed by atoms with Crippen LogP contribution in [0.2, 0.25) is 0 Å². The average molecular weight is 387 g/mol. The lowest BCUT2D eigenvalue weighted by Crippen LogP contribution is -2.19. The maximum Gasteiger partial charge on any atom is 0.475 e. The maximum atomic E-state index is 12.4. The Kier molecular flexibility index (Phi) is 6.60. The fourth-order valence-electron chi connectivity index (χ4n) is 1.56. The molecule has 1 aromatic rings. The van der Waals surface area contributed by atoms with Gasteiger partial charge >= 0.3 is 11.5 Å². The lowest BCUT2D eigenvalue weighted by atomic mass is 10.3. The summed E-state index contributed by atoms with van der Waals surface area (Å²) in [5.74, 6) is -1.57. The van der Waals surface area contributed by atoms with E-state index in [0.29, 0.717) is 6.07 Å². The van der Waals surface area contributed by atoms with Crippen molar-refractivity contribution in [3.05, 3.63) is 28.3 Å². The first-order chi connectivity index (χ1) is 10.9. The SMILES string of the molecule is CC(C)OC(=O)CS(=O)c1ccc(S(=O)C(F)(F)F)cc1[N+](=O)[O-]. The number of carbonyl (C=O) groups is 1. The zero-order chi connectivity index (χ0) is 18.7. The molecule has 0 bridgehead atoms.